The number of halogens is 2. The van der Waals surface area contributed by atoms with Gasteiger partial charge in [0.05, 0.1) is 29.5 Å². The first kappa shape index (κ1) is 18.6. The molecule has 27 heavy (non-hydrogen) atoms. The van der Waals surface area contributed by atoms with Gasteiger partial charge in [-0.1, -0.05) is 11.8 Å². The number of benzene rings is 1. The number of methoxy groups -OCH3 is 1. The highest BCUT2D eigenvalue weighted by atomic mass is 32.2. The van der Waals surface area contributed by atoms with Crippen molar-refractivity contribution in [2.75, 3.05) is 17.6 Å². The topological polar surface area (TPSA) is 97.0 Å². The lowest BCUT2D eigenvalue weighted by molar-refractivity contribution is 0.401. The van der Waals surface area contributed by atoms with E-state index in [0.29, 0.717) is 22.5 Å². The summed E-state index contributed by atoms with van der Waals surface area (Å²) in [6.45, 7) is 1.40. The molecule has 10 heteroatoms. The number of sulfonamides is 1. The maximum Gasteiger partial charge on any atom is 0.242 e. The van der Waals surface area contributed by atoms with Gasteiger partial charge in [0.2, 0.25) is 15.9 Å². The highest BCUT2D eigenvalue weighted by Crippen LogP contribution is 2.23. The summed E-state index contributed by atoms with van der Waals surface area (Å²) in [5, 5.41) is 7.15. The molecule has 0 aliphatic rings. The van der Waals surface area contributed by atoms with Crippen molar-refractivity contribution in [2.45, 2.75) is 6.92 Å². The monoisotopic (exact) mass is 392 g/mol. The summed E-state index contributed by atoms with van der Waals surface area (Å²) in [7, 11) is -2.27. The Hall–Kier alpha value is -3.19. The standard InChI is InChI=1S/C17H14F2N4O3S/c1-3-27(24,25)23-14-7-6-13(18)11(15(14)19)5-4-10-8-12-16(20-9-10)21-22-17(12)26-2/h6-9,23H,3H2,1-2H3,(H,20,21,22). The van der Waals surface area contributed by atoms with Crippen molar-refractivity contribution in [3.8, 4) is 17.7 Å². The number of hydrogen-bond acceptors (Lipinski definition) is 5. The van der Waals surface area contributed by atoms with Crippen LogP contribution >= 0.6 is 0 Å². The van der Waals surface area contributed by atoms with Crippen LogP contribution in [0.5, 0.6) is 5.88 Å². The summed E-state index contributed by atoms with van der Waals surface area (Å²) in [6.07, 6.45) is 1.41. The first-order valence-corrected chi connectivity index (χ1v) is 9.38. The van der Waals surface area contributed by atoms with Crippen molar-refractivity contribution < 1.29 is 21.9 Å². The second kappa shape index (κ2) is 7.20. The number of anilines is 1. The summed E-state index contributed by atoms with van der Waals surface area (Å²) >= 11 is 0. The van der Waals surface area contributed by atoms with E-state index in [0.717, 1.165) is 12.1 Å². The van der Waals surface area contributed by atoms with Gasteiger partial charge in [0.25, 0.3) is 0 Å². The molecule has 0 unspecified atom stereocenters. The third-order valence-corrected chi connectivity index (χ3v) is 4.93. The van der Waals surface area contributed by atoms with Gasteiger partial charge >= 0.3 is 0 Å². The van der Waals surface area contributed by atoms with Crippen LogP contribution in [0.3, 0.4) is 0 Å². The SMILES string of the molecule is CCS(=O)(=O)Nc1ccc(F)c(C#Cc2cnc3[nH]nc(OC)c3c2)c1F. The normalized spacial score (nSPS) is 11.1. The minimum atomic E-state index is -3.71. The van der Waals surface area contributed by atoms with E-state index >= 15 is 0 Å². The van der Waals surface area contributed by atoms with Crippen molar-refractivity contribution in [1.82, 2.24) is 15.2 Å². The third-order valence-electron chi connectivity index (χ3n) is 3.64. The number of nitrogens with zero attached hydrogens (tertiary/aromatic N) is 2. The molecule has 0 amide bonds. The van der Waals surface area contributed by atoms with Gasteiger partial charge in [-0.3, -0.25) is 9.82 Å². The number of hydrogen-bond donors (Lipinski definition) is 2. The number of fused-ring (bicyclic) bond motifs is 1. The highest BCUT2D eigenvalue weighted by molar-refractivity contribution is 7.92. The van der Waals surface area contributed by atoms with Gasteiger partial charge in [0, 0.05) is 11.8 Å². The van der Waals surface area contributed by atoms with E-state index in [1.54, 1.807) is 6.07 Å². The van der Waals surface area contributed by atoms with Crippen LogP contribution in [0.25, 0.3) is 11.0 Å². The fourth-order valence-corrected chi connectivity index (χ4v) is 2.86. The zero-order valence-corrected chi connectivity index (χ0v) is 15.1. The Morgan fingerprint density at radius 2 is 2.07 bits per heavy atom. The summed E-state index contributed by atoms with van der Waals surface area (Å²) in [5.41, 5.74) is -0.0653. The quantitative estimate of drug-likeness (QED) is 0.665. The molecule has 0 spiro atoms. The lowest BCUT2D eigenvalue weighted by Crippen LogP contribution is -2.16. The zero-order chi connectivity index (χ0) is 19.6. The van der Waals surface area contributed by atoms with E-state index in [1.165, 1.54) is 20.2 Å². The molecule has 140 valence electrons. The summed E-state index contributed by atoms with van der Waals surface area (Å²) in [4.78, 5) is 4.10. The maximum atomic E-state index is 14.5. The largest absolute Gasteiger partial charge is 0.479 e. The molecule has 0 fully saturated rings. The van der Waals surface area contributed by atoms with Crippen molar-refractivity contribution >= 4 is 26.7 Å². The van der Waals surface area contributed by atoms with E-state index in [9.17, 15) is 17.2 Å². The Balaban J connectivity index is 2.01. The van der Waals surface area contributed by atoms with E-state index in [4.69, 9.17) is 4.74 Å². The number of ether oxygens (including phenoxy) is 1. The zero-order valence-electron chi connectivity index (χ0n) is 14.3. The molecule has 2 heterocycles. The second-order valence-corrected chi connectivity index (χ2v) is 7.40. The fraction of sp³-hybridized carbons (Fsp3) is 0.176. The molecule has 2 N–H and O–H groups in total. The number of pyridine rings is 1. The molecule has 0 radical (unpaired) electrons. The fourth-order valence-electron chi connectivity index (χ4n) is 2.23. The van der Waals surface area contributed by atoms with Crippen LogP contribution in [0, 0.1) is 23.5 Å². The van der Waals surface area contributed by atoms with Gasteiger partial charge in [-0.15, -0.1) is 5.10 Å². The van der Waals surface area contributed by atoms with Crippen molar-refractivity contribution in [3.05, 3.63) is 47.2 Å². The molecule has 0 aliphatic carbocycles. The Morgan fingerprint density at radius 3 is 2.78 bits per heavy atom. The van der Waals surface area contributed by atoms with E-state index in [1.807, 2.05) is 0 Å². The molecule has 2 aromatic heterocycles. The molecule has 7 nitrogen and oxygen atoms in total. The Kier molecular flexibility index (Phi) is 4.96. The van der Waals surface area contributed by atoms with Crippen molar-refractivity contribution in [3.63, 3.8) is 0 Å². The lowest BCUT2D eigenvalue weighted by Gasteiger charge is -2.08. The van der Waals surface area contributed by atoms with Crippen molar-refractivity contribution in [1.29, 1.82) is 0 Å². The van der Waals surface area contributed by atoms with Gasteiger partial charge in [-0.25, -0.2) is 22.2 Å². The summed E-state index contributed by atoms with van der Waals surface area (Å²) in [6, 6.07) is 3.56. The summed E-state index contributed by atoms with van der Waals surface area (Å²) in [5.74, 6) is 3.07. The van der Waals surface area contributed by atoms with Crippen molar-refractivity contribution in [2.24, 2.45) is 0 Å². The first-order chi connectivity index (χ1) is 12.8. The van der Waals surface area contributed by atoms with Crippen LogP contribution in [-0.2, 0) is 10.0 Å². The number of rotatable bonds is 4. The average molecular weight is 392 g/mol. The number of H-pyrrole nitrogens is 1. The van der Waals surface area contributed by atoms with Crippen LogP contribution in [0.2, 0.25) is 0 Å². The first-order valence-electron chi connectivity index (χ1n) is 7.73. The van der Waals surface area contributed by atoms with Gasteiger partial charge in [0.1, 0.15) is 5.82 Å². The molecule has 0 atom stereocenters. The molecule has 0 saturated heterocycles. The maximum absolute atomic E-state index is 14.5. The van der Waals surface area contributed by atoms with Gasteiger partial charge in [-0.05, 0) is 25.1 Å². The predicted octanol–water partition coefficient (Wildman–Crippen LogP) is 2.41. The molecule has 0 aliphatic heterocycles. The minimum absolute atomic E-state index is 0.247. The molecule has 0 saturated carbocycles. The number of aromatic nitrogens is 3. The third kappa shape index (κ3) is 3.83. The predicted molar refractivity (Wildman–Crippen MR) is 95.9 cm³/mol. The lowest BCUT2D eigenvalue weighted by atomic mass is 10.1. The van der Waals surface area contributed by atoms with Gasteiger partial charge < -0.3 is 4.74 Å². The smallest absolute Gasteiger partial charge is 0.242 e. The van der Waals surface area contributed by atoms with E-state index in [2.05, 4.69) is 31.7 Å². The molecular weight excluding hydrogens is 378 g/mol. The molecule has 0 bridgehead atoms. The number of aromatic amines is 1. The molecule has 1 aromatic carbocycles. The van der Waals surface area contributed by atoms with Crippen LogP contribution in [0.4, 0.5) is 14.5 Å². The van der Waals surface area contributed by atoms with E-state index < -0.39 is 27.2 Å². The Bertz CT molecular complexity index is 1180. The van der Waals surface area contributed by atoms with E-state index in [-0.39, 0.29) is 11.4 Å². The van der Waals surface area contributed by atoms with Crippen LogP contribution in [-0.4, -0.2) is 36.5 Å². The minimum Gasteiger partial charge on any atom is -0.479 e. The molecule has 3 aromatic rings. The van der Waals surface area contributed by atoms with Gasteiger partial charge in [-0.2, -0.15) is 0 Å². The Labute approximate surface area is 153 Å². The average Bonchev–Trinajstić information content (AvgIpc) is 3.06. The molecule has 3 rings (SSSR count). The summed E-state index contributed by atoms with van der Waals surface area (Å²) < 4.78 is 58.9. The van der Waals surface area contributed by atoms with Crippen LogP contribution in [0.15, 0.2) is 24.4 Å². The molecular formula is C17H14F2N4O3S. The van der Waals surface area contributed by atoms with Gasteiger partial charge in [0.15, 0.2) is 11.5 Å². The Morgan fingerprint density at radius 1 is 1.30 bits per heavy atom. The van der Waals surface area contributed by atoms with Crippen LogP contribution in [0.1, 0.15) is 18.1 Å². The highest BCUT2D eigenvalue weighted by Gasteiger charge is 2.16. The second-order valence-electron chi connectivity index (χ2n) is 5.39. The van der Waals surface area contributed by atoms with Crippen LogP contribution < -0.4 is 9.46 Å². The number of nitrogens with one attached hydrogen (secondary N) is 2.